The number of anilines is 3. The van der Waals surface area contributed by atoms with E-state index in [4.69, 9.17) is 0 Å². The highest BCUT2D eigenvalue weighted by Crippen LogP contribution is 2.45. The first-order chi connectivity index (χ1) is 23.1. The smallest absolute Gasteiger partial charge is 0.185 e. The molecule has 0 amide bonds. The van der Waals surface area contributed by atoms with Crippen molar-refractivity contribution in [3.63, 3.8) is 0 Å². The summed E-state index contributed by atoms with van der Waals surface area (Å²) in [5, 5.41) is 11.2. The maximum Gasteiger partial charge on any atom is 0.185 e. The molecule has 0 fully saturated rings. The molecule has 0 saturated carbocycles. The molecule has 9 aromatic rings. The van der Waals surface area contributed by atoms with Gasteiger partial charge in [0.25, 0.3) is 0 Å². The molecule has 2 aromatic heterocycles. The molecule has 1 spiro atoms. The fraction of sp³-hybridized carbons (Fsp3) is 0.0455. The topological polar surface area (TPSA) is 7.65 Å². The van der Waals surface area contributed by atoms with Crippen molar-refractivity contribution >= 4 is 84.0 Å². The van der Waals surface area contributed by atoms with Crippen LogP contribution in [0.25, 0.3) is 49.2 Å². The van der Waals surface area contributed by atoms with Crippen LogP contribution < -0.4 is 25.6 Å². The number of hydrogen-bond acceptors (Lipinski definition) is 1. The predicted octanol–water partition coefficient (Wildman–Crippen LogP) is 8.59. The van der Waals surface area contributed by atoms with Gasteiger partial charge >= 0.3 is 0 Å². The lowest BCUT2D eigenvalue weighted by atomic mass is 10.1. The molecule has 0 bridgehead atoms. The minimum atomic E-state index is -2.62. The molecule has 4 heterocycles. The summed E-state index contributed by atoms with van der Waals surface area (Å²) >= 11 is 0. The van der Waals surface area contributed by atoms with E-state index in [-0.39, 0.29) is 0 Å². The number of benzene rings is 7. The van der Waals surface area contributed by atoms with Gasteiger partial charge in [-0.25, -0.2) is 0 Å². The lowest BCUT2D eigenvalue weighted by Crippen LogP contribution is -2.75. The average Bonchev–Trinajstić information content (AvgIpc) is 3.73. The summed E-state index contributed by atoms with van der Waals surface area (Å²) in [5.41, 5.74) is 13.0. The van der Waals surface area contributed by atoms with Gasteiger partial charge in [-0.05, 0) is 76.1 Å². The maximum atomic E-state index is 2.55. The van der Waals surface area contributed by atoms with Crippen LogP contribution in [0.5, 0.6) is 0 Å². The van der Waals surface area contributed by atoms with Crippen LogP contribution in [-0.4, -0.2) is 12.5 Å². The first kappa shape index (κ1) is 25.5. The highest BCUT2D eigenvalue weighted by molar-refractivity contribution is 7.23. The molecule has 0 aliphatic carbocycles. The zero-order valence-electron chi connectivity index (χ0n) is 26.3. The number of rotatable bonds is 1. The minimum absolute atomic E-state index is 1.20. The number of hydrogen-bond donors (Lipinski definition) is 0. The normalized spacial score (nSPS) is 14.3. The summed E-state index contributed by atoms with van der Waals surface area (Å²) < 4.78 is 2.49. The van der Waals surface area contributed by atoms with Gasteiger partial charge in [0.1, 0.15) is 0 Å². The van der Waals surface area contributed by atoms with Crippen LogP contribution in [0.3, 0.4) is 0 Å². The second-order valence-corrected chi connectivity index (χ2v) is 17.1. The first-order valence-corrected chi connectivity index (χ1v) is 18.5. The van der Waals surface area contributed by atoms with Crippen molar-refractivity contribution in [3.8, 4) is 11.1 Å². The van der Waals surface area contributed by atoms with E-state index in [1.807, 2.05) is 0 Å². The zero-order valence-corrected chi connectivity index (χ0v) is 27.3. The Morgan fingerprint density at radius 2 is 0.979 bits per heavy atom. The molecular formula is C44H30N2Si. The van der Waals surface area contributed by atoms with Crippen molar-refractivity contribution < 1.29 is 0 Å². The monoisotopic (exact) mass is 614 g/mol. The molecule has 47 heavy (non-hydrogen) atoms. The van der Waals surface area contributed by atoms with E-state index >= 15 is 0 Å². The summed E-state index contributed by atoms with van der Waals surface area (Å²) in [6, 6.07) is 55.5. The van der Waals surface area contributed by atoms with Crippen molar-refractivity contribution in [2.45, 2.75) is 13.8 Å². The highest BCUT2D eigenvalue weighted by Gasteiger charge is 2.54. The van der Waals surface area contributed by atoms with Gasteiger partial charge in [0.2, 0.25) is 0 Å². The SMILES string of the molecule is Cc1ccc2c(c1)[Si]1(c3ccccc3-c3ccccc31)c1cc(C)ccc1N2c1ccc2c3cccc4c5ccccc5n(c2c1)c43. The highest BCUT2D eigenvalue weighted by atomic mass is 28.3. The van der Waals surface area contributed by atoms with Gasteiger partial charge in [-0.3, -0.25) is 0 Å². The van der Waals surface area contributed by atoms with E-state index < -0.39 is 8.07 Å². The van der Waals surface area contributed by atoms with Crippen molar-refractivity contribution in [2.75, 3.05) is 4.90 Å². The second-order valence-electron chi connectivity index (χ2n) is 13.5. The number of fused-ring (bicyclic) bond motifs is 15. The van der Waals surface area contributed by atoms with Gasteiger partial charge in [0.05, 0.1) is 16.6 Å². The van der Waals surface area contributed by atoms with Crippen molar-refractivity contribution in [3.05, 3.63) is 157 Å². The molecule has 220 valence electrons. The van der Waals surface area contributed by atoms with Gasteiger partial charge < -0.3 is 9.30 Å². The summed E-state index contributed by atoms with van der Waals surface area (Å²) in [7, 11) is -2.62. The first-order valence-electron chi connectivity index (χ1n) is 16.5. The Morgan fingerprint density at radius 3 is 1.64 bits per heavy atom. The fourth-order valence-electron chi connectivity index (χ4n) is 9.22. The Kier molecular flexibility index (Phi) is 4.77. The van der Waals surface area contributed by atoms with Crippen molar-refractivity contribution in [2.24, 2.45) is 0 Å². The van der Waals surface area contributed by atoms with Gasteiger partial charge in [-0.2, -0.15) is 0 Å². The van der Waals surface area contributed by atoms with Crippen LogP contribution in [-0.2, 0) is 0 Å². The predicted molar refractivity (Wildman–Crippen MR) is 201 cm³/mol. The average molecular weight is 615 g/mol. The standard InChI is InChI=1S/C44H30N2Si/c1-27-18-22-37-42(24-27)47(40-16-7-4-11-32(40)33-12-5-8-17-41(33)47)43-25-28(2)19-23-38(43)45(37)29-20-21-31-35-14-9-13-34-30-10-3-6-15-36(30)46(44(34)35)39(31)26-29/h3-26H,1-2H3. The van der Waals surface area contributed by atoms with Crippen LogP contribution in [0.15, 0.2) is 146 Å². The second kappa shape index (κ2) is 8.78. The van der Waals surface area contributed by atoms with Gasteiger partial charge in [0, 0.05) is 38.6 Å². The number of aromatic nitrogens is 1. The minimum Gasteiger partial charge on any atom is -0.311 e. The number of nitrogens with zero attached hydrogens (tertiary/aromatic N) is 2. The Balaban J connectivity index is 1.27. The number of para-hydroxylation sites is 2. The summed E-state index contributed by atoms with van der Waals surface area (Å²) in [4.78, 5) is 2.55. The summed E-state index contributed by atoms with van der Waals surface area (Å²) in [6.07, 6.45) is 0. The van der Waals surface area contributed by atoms with E-state index in [0.29, 0.717) is 0 Å². The van der Waals surface area contributed by atoms with E-state index in [2.05, 4.69) is 169 Å². The third-order valence-corrected chi connectivity index (χ3v) is 15.9. The largest absolute Gasteiger partial charge is 0.311 e. The van der Waals surface area contributed by atoms with E-state index in [1.165, 1.54) is 98.2 Å². The van der Waals surface area contributed by atoms with Gasteiger partial charge in [0.15, 0.2) is 8.07 Å². The van der Waals surface area contributed by atoms with Gasteiger partial charge in [-0.1, -0.05) is 126 Å². The van der Waals surface area contributed by atoms with Crippen molar-refractivity contribution in [1.29, 1.82) is 0 Å². The fourth-order valence-corrected chi connectivity index (χ4v) is 14.9. The molecule has 2 aliphatic heterocycles. The Bertz CT molecular complexity index is 2690. The zero-order chi connectivity index (χ0) is 31.0. The molecule has 7 aromatic carbocycles. The van der Waals surface area contributed by atoms with E-state index in [1.54, 1.807) is 0 Å². The van der Waals surface area contributed by atoms with Gasteiger partial charge in [-0.15, -0.1) is 0 Å². The third kappa shape index (κ3) is 3.01. The molecule has 0 radical (unpaired) electrons. The van der Waals surface area contributed by atoms with E-state index in [9.17, 15) is 0 Å². The van der Waals surface area contributed by atoms with E-state index in [0.717, 1.165) is 0 Å². The molecule has 2 nitrogen and oxygen atoms in total. The molecule has 0 saturated heterocycles. The van der Waals surface area contributed by atoms with Crippen LogP contribution >= 0.6 is 0 Å². The quantitative estimate of drug-likeness (QED) is 0.168. The van der Waals surface area contributed by atoms with Crippen LogP contribution in [0, 0.1) is 13.8 Å². The molecule has 0 atom stereocenters. The molecule has 11 rings (SSSR count). The molecular weight excluding hydrogens is 585 g/mol. The van der Waals surface area contributed by atoms with Crippen LogP contribution in [0.1, 0.15) is 11.1 Å². The third-order valence-electron chi connectivity index (χ3n) is 11.0. The summed E-state index contributed by atoms with van der Waals surface area (Å²) in [6.45, 7) is 4.50. The molecule has 3 heteroatoms. The van der Waals surface area contributed by atoms with Crippen LogP contribution in [0.2, 0.25) is 0 Å². The molecule has 0 unspecified atom stereocenters. The Labute approximate surface area is 274 Å². The molecule has 2 aliphatic rings. The maximum absolute atomic E-state index is 2.62. The molecule has 0 N–H and O–H groups in total. The number of aryl methyl sites for hydroxylation is 2. The van der Waals surface area contributed by atoms with Crippen molar-refractivity contribution in [1.82, 2.24) is 4.40 Å². The van der Waals surface area contributed by atoms with Crippen LogP contribution in [0.4, 0.5) is 17.1 Å². The Morgan fingerprint density at radius 1 is 0.426 bits per heavy atom. The lowest BCUT2D eigenvalue weighted by Gasteiger charge is -2.44. The summed E-state index contributed by atoms with van der Waals surface area (Å²) in [5.74, 6) is 0. The lowest BCUT2D eigenvalue weighted by molar-refractivity contribution is 1.27. The Hall–Kier alpha value is -5.64.